The van der Waals surface area contributed by atoms with Gasteiger partial charge in [0.2, 0.25) is 0 Å². The van der Waals surface area contributed by atoms with Gasteiger partial charge in [0.05, 0.1) is 0 Å². The summed E-state index contributed by atoms with van der Waals surface area (Å²) in [5, 5.41) is 3.43. The quantitative estimate of drug-likeness (QED) is 0.612. The van der Waals surface area contributed by atoms with E-state index < -0.39 is 0 Å². The lowest BCUT2D eigenvalue weighted by molar-refractivity contribution is 0.424. The third-order valence-electron chi connectivity index (χ3n) is 1.72. The SMILES string of the molecule is CCCNC(CN)CC(C)C. The van der Waals surface area contributed by atoms with Crippen LogP contribution in [-0.4, -0.2) is 19.1 Å². The molecule has 68 valence electrons. The van der Waals surface area contributed by atoms with Crippen molar-refractivity contribution in [2.24, 2.45) is 11.7 Å². The zero-order valence-electron chi connectivity index (χ0n) is 8.06. The van der Waals surface area contributed by atoms with E-state index in [4.69, 9.17) is 5.73 Å². The Morgan fingerprint density at radius 1 is 1.36 bits per heavy atom. The minimum Gasteiger partial charge on any atom is -0.329 e. The zero-order valence-corrected chi connectivity index (χ0v) is 8.06. The first-order valence-electron chi connectivity index (χ1n) is 4.64. The van der Waals surface area contributed by atoms with Crippen molar-refractivity contribution >= 4 is 0 Å². The second kappa shape index (κ2) is 6.62. The van der Waals surface area contributed by atoms with Gasteiger partial charge < -0.3 is 11.1 Å². The van der Waals surface area contributed by atoms with Crippen LogP contribution in [0.25, 0.3) is 0 Å². The molecule has 0 amide bonds. The minimum atomic E-state index is 0.523. The molecule has 0 spiro atoms. The molecule has 0 fully saturated rings. The van der Waals surface area contributed by atoms with E-state index in [1.165, 1.54) is 12.8 Å². The van der Waals surface area contributed by atoms with Crippen molar-refractivity contribution in [2.75, 3.05) is 13.1 Å². The van der Waals surface area contributed by atoms with Gasteiger partial charge in [-0.1, -0.05) is 20.8 Å². The fourth-order valence-electron chi connectivity index (χ4n) is 1.18. The molecule has 0 radical (unpaired) electrons. The molecule has 2 heteroatoms. The topological polar surface area (TPSA) is 38.0 Å². The third-order valence-corrected chi connectivity index (χ3v) is 1.72. The summed E-state index contributed by atoms with van der Waals surface area (Å²) in [5.74, 6) is 0.743. The van der Waals surface area contributed by atoms with Gasteiger partial charge in [0.15, 0.2) is 0 Å². The lowest BCUT2D eigenvalue weighted by Gasteiger charge is -2.17. The molecule has 0 rings (SSSR count). The van der Waals surface area contributed by atoms with Crippen LogP contribution in [0.1, 0.15) is 33.6 Å². The van der Waals surface area contributed by atoms with Crippen molar-refractivity contribution in [1.82, 2.24) is 5.32 Å². The highest BCUT2D eigenvalue weighted by atomic mass is 14.9. The maximum atomic E-state index is 5.60. The number of hydrogen-bond acceptors (Lipinski definition) is 2. The minimum absolute atomic E-state index is 0.523. The second-order valence-corrected chi connectivity index (χ2v) is 3.52. The van der Waals surface area contributed by atoms with E-state index in [1.807, 2.05) is 0 Å². The highest BCUT2D eigenvalue weighted by Gasteiger charge is 2.06. The van der Waals surface area contributed by atoms with Crippen LogP contribution < -0.4 is 11.1 Å². The van der Waals surface area contributed by atoms with Gasteiger partial charge in [-0.3, -0.25) is 0 Å². The van der Waals surface area contributed by atoms with Gasteiger partial charge in [-0.05, 0) is 25.3 Å². The van der Waals surface area contributed by atoms with Gasteiger partial charge in [0.25, 0.3) is 0 Å². The molecular formula is C9H22N2. The van der Waals surface area contributed by atoms with Crippen LogP contribution in [0.2, 0.25) is 0 Å². The van der Waals surface area contributed by atoms with Crippen molar-refractivity contribution in [2.45, 2.75) is 39.7 Å². The standard InChI is InChI=1S/C9H22N2/c1-4-5-11-9(7-10)6-8(2)3/h8-9,11H,4-7,10H2,1-3H3. The Morgan fingerprint density at radius 2 is 2.00 bits per heavy atom. The Hall–Kier alpha value is -0.0800. The summed E-state index contributed by atoms with van der Waals surface area (Å²) in [6.07, 6.45) is 2.38. The largest absolute Gasteiger partial charge is 0.329 e. The highest BCUT2D eigenvalue weighted by molar-refractivity contribution is 4.68. The summed E-state index contributed by atoms with van der Waals surface area (Å²) >= 11 is 0. The zero-order chi connectivity index (χ0) is 8.69. The van der Waals surface area contributed by atoms with E-state index >= 15 is 0 Å². The monoisotopic (exact) mass is 158 g/mol. The van der Waals surface area contributed by atoms with E-state index in [-0.39, 0.29) is 0 Å². The summed E-state index contributed by atoms with van der Waals surface area (Å²) in [5.41, 5.74) is 5.60. The lowest BCUT2D eigenvalue weighted by atomic mass is 10.0. The Bertz CT molecular complexity index is 81.6. The Kier molecular flexibility index (Phi) is 6.57. The van der Waals surface area contributed by atoms with E-state index in [0.29, 0.717) is 6.04 Å². The molecule has 0 bridgehead atoms. The summed E-state index contributed by atoms with van der Waals surface area (Å²) in [4.78, 5) is 0. The van der Waals surface area contributed by atoms with Crippen LogP contribution in [0.5, 0.6) is 0 Å². The van der Waals surface area contributed by atoms with E-state index in [1.54, 1.807) is 0 Å². The molecule has 0 aromatic rings. The fraction of sp³-hybridized carbons (Fsp3) is 1.00. The van der Waals surface area contributed by atoms with Crippen molar-refractivity contribution < 1.29 is 0 Å². The number of hydrogen-bond donors (Lipinski definition) is 2. The maximum absolute atomic E-state index is 5.60. The average Bonchev–Trinajstić information content (AvgIpc) is 1.97. The van der Waals surface area contributed by atoms with Crippen LogP contribution in [0.3, 0.4) is 0 Å². The van der Waals surface area contributed by atoms with Gasteiger partial charge in [-0.15, -0.1) is 0 Å². The smallest absolute Gasteiger partial charge is 0.0192 e. The first-order valence-corrected chi connectivity index (χ1v) is 4.64. The second-order valence-electron chi connectivity index (χ2n) is 3.52. The van der Waals surface area contributed by atoms with Crippen molar-refractivity contribution in [3.8, 4) is 0 Å². The molecular weight excluding hydrogens is 136 g/mol. The number of nitrogens with two attached hydrogens (primary N) is 1. The molecule has 0 aliphatic carbocycles. The molecule has 0 aromatic carbocycles. The van der Waals surface area contributed by atoms with Crippen molar-refractivity contribution in [3.63, 3.8) is 0 Å². The molecule has 0 saturated heterocycles. The van der Waals surface area contributed by atoms with Gasteiger partial charge >= 0.3 is 0 Å². The first kappa shape index (κ1) is 10.9. The van der Waals surface area contributed by atoms with E-state index in [2.05, 4.69) is 26.1 Å². The van der Waals surface area contributed by atoms with Crippen LogP contribution in [0.15, 0.2) is 0 Å². The van der Waals surface area contributed by atoms with Gasteiger partial charge in [0, 0.05) is 12.6 Å². The molecule has 11 heavy (non-hydrogen) atoms. The predicted octanol–water partition coefficient (Wildman–Crippen LogP) is 1.36. The van der Waals surface area contributed by atoms with E-state index in [0.717, 1.165) is 19.0 Å². The Morgan fingerprint density at radius 3 is 2.36 bits per heavy atom. The molecule has 0 saturated carbocycles. The Labute approximate surface area is 70.5 Å². The molecule has 1 atom stereocenters. The van der Waals surface area contributed by atoms with Crippen LogP contribution in [0.4, 0.5) is 0 Å². The first-order chi connectivity index (χ1) is 5.20. The van der Waals surface area contributed by atoms with Gasteiger partial charge in [0.1, 0.15) is 0 Å². The summed E-state index contributed by atoms with van der Waals surface area (Å²) < 4.78 is 0. The summed E-state index contributed by atoms with van der Waals surface area (Å²) in [7, 11) is 0. The average molecular weight is 158 g/mol. The summed E-state index contributed by atoms with van der Waals surface area (Å²) in [6, 6.07) is 0.523. The third kappa shape index (κ3) is 6.32. The molecule has 2 nitrogen and oxygen atoms in total. The van der Waals surface area contributed by atoms with Crippen LogP contribution in [0, 0.1) is 5.92 Å². The molecule has 0 heterocycles. The molecule has 0 aromatic heterocycles. The Balaban J connectivity index is 3.41. The normalized spacial score (nSPS) is 13.9. The van der Waals surface area contributed by atoms with Gasteiger partial charge in [-0.2, -0.15) is 0 Å². The van der Waals surface area contributed by atoms with Crippen molar-refractivity contribution in [3.05, 3.63) is 0 Å². The van der Waals surface area contributed by atoms with E-state index in [9.17, 15) is 0 Å². The van der Waals surface area contributed by atoms with Crippen molar-refractivity contribution in [1.29, 1.82) is 0 Å². The van der Waals surface area contributed by atoms with Gasteiger partial charge in [-0.25, -0.2) is 0 Å². The molecule has 1 unspecified atom stereocenters. The molecule has 0 aliphatic heterocycles. The maximum Gasteiger partial charge on any atom is 0.0192 e. The number of nitrogens with one attached hydrogen (secondary N) is 1. The highest BCUT2D eigenvalue weighted by Crippen LogP contribution is 2.02. The lowest BCUT2D eigenvalue weighted by Crippen LogP contribution is -2.37. The fourth-order valence-corrected chi connectivity index (χ4v) is 1.18. The molecule has 3 N–H and O–H groups in total. The molecule has 0 aliphatic rings. The van der Waals surface area contributed by atoms with Crippen LogP contribution >= 0.6 is 0 Å². The predicted molar refractivity (Wildman–Crippen MR) is 50.6 cm³/mol. The number of rotatable bonds is 6. The summed E-state index contributed by atoms with van der Waals surface area (Å²) in [6.45, 7) is 8.50. The van der Waals surface area contributed by atoms with Crippen LogP contribution in [-0.2, 0) is 0 Å².